The fraction of sp³-hybridized carbons (Fsp3) is 0.130. The number of methoxy groups -OCH3 is 1. The van der Waals surface area contributed by atoms with Gasteiger partial charge in [-0.3, -0.25) is 9.69 Å². The number of carbonyl (C=O) groups excluding carboxylic acids is 1. The van der Waals surface area contributed by atoms with E-state index < -0.39 is 6.09 Å². The second-order valence-corrected chi connectivity index (χ2v) is 6.83. The molecule has 9 heteroatoms. The molecule has 2 aromatic carbocycles. The smallest absolute Gasteiger partial charge is 0.414 e. The van der Waals surface area contributed by atoms with E-state index in [0.717, 1.165) is 11.9 Å². The first-order valence-electron chi connectivity index (χ1n) is 9.86. The van der Waals surface area contributed by atoms with Gasteiger partial charge in [-0.25, -0.2) is 9.48 Å². The lowest BCUT2D eigenvalue weighted by atomic mass is 10.2. The Labute approximate surface area is 184 Å². The maximum Gasteiger partial charge on any atom is 0.414 e. The highest BCUT2D eigenvalue weighted by atomic mass is 16.6. The van der Waals surface area contributed by atoms with E-state index in [4.69, 9.17) is 14.9 Å². The van der Waals surface area contributed by atoms with Crippen molar-refractivity contribution in [1.29, 1.82) is 5.41 Å². The zero-order valence-electron chi connectivity index (χ0n) is 17.3. The van der Waals surface area contributed by atoms with Crippen molar-refractivity contribution >= 4 is 29.4 Å². The van der Waals surface area contributed by atoms with E-state index >= 15 is 0 Å². The average molecular weight is 431 g/mol. The van der Waals surface area contributed by atoms with E-state index in [2.05, 4.69) is 10.4 Å². The first kappa shape index (κ1) is 20.9. The van der Waals surface area contributed by atoms with E-state index in [-0.39, 0.29) is 11.1 Å². The van der Waals surface area contributed by atoms with Crippen LogP contribution < -0.4 is 20.4 Å². The highest BCUT2D eigenvalue weighted by molar-refractivity contribution is 5.90. The van der Waals surface area contributed by atoms with Gasteiger partial charge in [0.15, 0.2) is 5.69 Å². The molecule has 4 rings (SSSR count). The fourth-order valence-corrected chi connectivity index (χ4v) is 3.32. The molecule has 0 aliphatic carbocycles. The lowest BCUT2D eigenvalue weighted by molar-refractivity contribution is 0.181. The zero-order valence-corrected chi connectivity index (χ0v) is 17.3. The molecule has 1 fully saturated rings. The molecule has 9 nitrogen and oxygen atoms in total. The Balaban J connectivity index is 1.73. The van der Waals surface area contributed by atoms with Crippen molar-refractivity contribution in [2.45, 2.75) is 0 Å². The number of nitrogens with one attached hydrogen (secondary N) is 2. The van der Waals surface area contributed by atoms with E-state index in [0.29, 0.717) is 36.0 Å². The quantitative estimate of drug-likeness (QED) is 0.556. The van der Waals surface area contributed by atoms with Crippen molar-refractivity contribution < 1.29 is 14.3 Å². The molecule has 1 saturated heterocycles. The van der Waals surface area contributed by atoms with Crippen LogP contribution in [0.15, 0.2) is 71.7 Å². The van der Waals surface area contributed by atoms with E-state index in [9.17, 15) is 9.59 Å². The summed E-state index contributed by atoms with van der Waals surface area (Å²) in [5.74, 6) is 0.470. The summed E-state index contributed by atoms with van der Waals surface area (Å²) < 4.78 is 12.0. The Hall–Kier alpha value is -4.40. The maximum absolute atomic E-state index is 12.6. The normalized spacial score (nSPS) is 13.6. The summed E-state index contributed by atoms with van der Waals surface area (Å²) in [6.07, 6.45) is 3.70. The molecule has 2 heterocycles. The van der Waals surface area contributed by atoms with Crippen molar-refractivity contribution in [3.8, 4) is 11.4 Å². The third-order valence-electron chi connectivity index (χ3n) is 4.85. The standard InChI is InChI=1S/C23H21N5O4/c1-31-21-15-17(27-13-14-32-23(27)30)7-8-19(21)28-12-10-20(29)22(26-28)18(9-11-24)25-16-5-3-2-4-6-16/h2-12,15,24-25H,13-14H2,1H3/b18-9-,24-11?. The molecule has 162 valence electrons. The van der Waals surface area contributed by atoms with Gasteiger partial charge in [0.2, 0.25) is 5.43 Å². The molecule has 0 atom stereocenters. The minimum absolute atomic E-state index is 0.147. The Morgan fingerprint density at radius 1 is 1.19 bits per heavy atom. The largest absolute Gasteiger partial charge is 0.494 e. The Morgan fingerprint density at radius 3 is 2.69 bits per heavy atom. The number of rotatable bonds is 7. The summed E-state index contributed by atoms with van der Waals surface area (Å²) in [6.45, 7) is 0.800. The van der Waals surface area contributed by atoms with Gasteiger partial charge in [0.25, 0.3) is 0 Å². The second kappa shape index (κ2) is 9.17. The molecule has 2 N–H and O–H groups in total. The number of anilines is 2. The number of amides is 1. The van der Waals surface area contributed by atoms with E-state index in [1.165, 1.54) is 35.0 Å². The second-order valence-electron chi connectivity index (χ2n) is 6.83. The van der Waals surface area contributed by atoms with Crippen LogP contribution in [0, 0.1) is 5.41 Å². The number of allylic oxidation sites excluding steroid dienone is 1. The number of carbonyl (C=O) groups is 1. The van der Waals surface area contributed by atoms with Gasteiger partial charge in [0, 0.05) is 30.2 Å². The monoisotopic (exact) mass is 431 g/mol. The summed E-state index contributed by atoms with van der Waals surface area (Å²) in [6, 6.07) is 16.0. The van der Waals surface area contributed by atoms with Gasteiger partial charge in [0.05, 0.1) is 25.0 Å². The SMILES string of the molecule is COc1cc(N2CCOC2=O)ccc1-n1ccc(=O)c(/C(=C/C=N)Nc2ccccc2)n1. The van der Waals surface area contributed by atoms with Crippen LogP contribution >= 0.6 is 0 Å². The van der Waals surface area contributed by atoms with Crippen molar-refractivity contribution in [1.82, 2.24) is 9.78 Å². The topological polar surface area (TPSA) is 110 Å². The molecule has 3 aromatic rings. The molecule has 1 aliphatic heterocycles. The van der Waals surface area contributed by atoms with Gasteiger partial charge in [-0.05, 0) is 30.3 Å². The fourth-order valence-electron chi connectivity index (χ4n) is 3.32. The summed E-state index contributed by atoms with van der Waals surface area (Å²) in [5, 5.41) is 15.1. The molecule has 1 aliphatic rings. The minimum atomic E-state index is -0.406. The van der Waals surface area contributed by atoms with Gasteiger partial charge in [0.1, 0.15) is 18.0 Å². The number of benzene rings is 2. The van der Waals surface area contributed by atoms with Gasteiger partial charge in [-0.2, -0.15) is 5.10 Å². The van der Waals surface area contributed by atoms with Crippen LogP contribution in [0.5, 0.6) is 5.75 Å². The predicted octanol–water partition coefficient (Wildman–Crippen LogP) is 3.30. The molecular weight excluding hydrogens is 410 g/mol. The first-order chi connectivity index (χ1) is 15.6. The van der Waals surface area contributed by atoms with Crippen molar-refractivity contribution in [3.05, 3.63) is 82.8 Å². The summed E-state index contributed by atoms with van der Waals surface area (Å²) in [7, 11) is 1.52. The Kier molecular flexibility index (Phi) is 5.98. The van der Waals surface area contributed by atoms with Crippen molar-refractivity contribution in [3.63, 3.8) is 0 Å². The number of ether oxygens (including phenoxy) is 2. The summed E-state index contributed by atoms with van der Waals surface area (Å²) in [5.41, 5.74) is 2.23. The number of aromatic nitrogens is 2. The van der Waals surface area contributed by atoms with Crippen LogP contribution in [0.1, 0.15) is 5.69 Å². The van der Waals surface area contributed by atoms with Crippen LogP contribution in [0.2, 0.25) is 0 Å². The van der Waals surface area contributed by atoms with E-state index in [1.807, 2.05) is 30.3 Å². The average Bonchev–Trinajstić information content (AvgIpc) is 3.25. The lowest BCUT2D eigenvalue weighted by Crippen LogP contribution is -2.23. The van der Waals surface area contributed by atoms with Crippen LogP contribution in [-0.2, 0) is 4.74 Å². The highest BCUT2D eigenvalue weighted by Crippen LogP contribution is 2.29. The van der Waals surface area contributed by atoms with Gasteiger partial charge < -0.3 is 20.2 Å². The van der Waals surface area contributed by atoms with Crippen LogP contribution in [0.4, 0.5) is 16.2 Å². The molecule has 1 amide bonds. The number of cyclic esters (lactones) is 1. The molecule has 32 heavy (non-hydrogen) atoms. The van der Waals surface area contributed by atoms with Crippen LogP contribution in [0.25, 0.3) is 11.4 Å². The highest BCUT2D eigenvalue weighted by Gasteiger charge is 2.24. The Morgan fingerprint density at radius 2 is 2.00 bits per heavy atom. The summed E-state index contributed by atoms with van der Waals surface area (Å²) in [4.78, 5) is 26.0. The zero-order chi connectivity index (χ0) is 22.5. The third-order valence-corrected chi connectivity index (χ3v) is 4.85. The van der Waals surface area contributed by atoms with E-state index in [1.54, 1.807) is 18.2 Å². The van der Waals surface area contributed by atoms with Gasteiger partial charge in [-0.1, -0.05) is 18.2 Å². The number of nitrogens with zero attached hydrogens (tertiary/aromatic N) is 3. The van der Waals surface area contributed by atoms with Crippen molar-refractivity contribution in [2.24, 2.45) is 0 Å². The number of para-hydroxylation sites is 1. The first-order valence-corrected chi connectivity index (χ1v) is 9.86. The molecule has 1 aromatic heterocycles. The van der Waals surface area contributed by atoms with Crippen LogP contribution in [0.3, 0.4) is 0 Å². The van der Waals surface area contributed by atoms with Crippen LogP contribution in [-0.4, -0.2) is 42.3 Å². The molecule has 0 spiro atoms. The lowest BCUT2D eigenvalue weighted by Gasteiger charge is -2.17. The Bertz CT molecular complexity index is 1240. The predicted molar refractivity (Wildman–Crippen MR) is 122 cm³/mol. The van der Waals surface area contributed by atoms with Gasteiger partial charge >= 0.3 is 6.09 Å². The van der Waals surface area contributed by atoms with Gasteiger partial charge in [-0.15, -0.1) is 0 Å². The molecule has 0 saturated carbocycles. The van der Waals surface area contributed by atoms with Crippen molar-refractivity contribution in [2.75, 3.05) is 30.5 Å². The molecule has 0 bridgehead atoms. The molecule has 0 unspecified atom stereocenters. The number of hydrogen-bond donors (Lipinski definition) is 2. The molecular formula is C23H21N5O4. The molecule has 0 radical (unpaired) electrons. The number of hydrogen-bond acceptors (Lipinski definition) is 7. The third kappa shape index (κ3) is 4.22. The summed E-state index contributed by atoms with van der Waals surface area (Å²) >= 11 is 0. The maximum atomic E-state index is 12.6. The minimum Gasteiger partial charge on any atom is -0.494 e.